The van der Waals surface area contributed by atoms with E-state index in [2.05, 4.69) is 15.3 Å². The lowest BCUT2D eigenvalue weighted by atomic mass is 10.2. The van der Waals surface area contributed by atoms with Gasteiger partial charge >= 0.3 is 0 Å². The molecule has 1 N–H and O–H groups in total. The van der Waals surface area contributed by atoms with Gasteiger partial charge < -0.3 is 10.2 Å². The summed E-state index contributed by atoms with van der Waals surface area (Å²) in [5.41, 5.74) is 1.44. The van der Waals surface area contributed by atoms with Gasteiger partial charge in [-0.25, -0.2) is 14.4 Å². The van der Waals surface area contributed by atoms with Gasteiger partial charge in [-0.05, 0) is 38.0 Å². The number of hydrogen-bond acceptors (Lipinski definition) is 4. The highest BCUT2D eigenvalue weighted by Crippen LogP contribution is 2.26. The lowest BCUT2D eigenvalue weighted by Crippen LogP contribution is -2.33. The lowest BCUT2D eigenvalue weighted by molar-refractivity contribution is -0.117. The van der Waals surface area contributed by atoms with Crippen LogP contribution in [0.3, 0.4) is 0 Å². The molecular formula is C17H18ClFN4O. The summed E-state index contributed by atoms with van der Waals surface area (Å²) in [4.78, 5) is 22.8. The molecule has 1 amide bonds. The van der Waals surface area contributed by atoms with Crippen LogP contribution in [0.15, 0.2) is 24.3 Å². The summed E-state index contributed by atoms with van der Waals surface area (Å²) in [7, 11) is 0. The van der Waals surface area contributed by atoms with Crippen LogP contribution in [0.4, 0.5) is 15.9 Å². The van der Waals surface area contributed by atoms with E-state index in [4.69, 9.17) is 11.6 Å². The molecule has 7 heteroatoms. The molecular weight excluding hydrogens is 331 g/mol. The van der Waals surface area contributed by atoms with Crippen LogP contribution in [0.5, 0.6) is 0 Å². The highest BCUT2D eigenvalue weighted by molar-refractivity contribution is 6.30. The number of hydrogen-bond donors (Lipinski definition) is 1. The molecule has 2 heterocycles. The van der Waals surface area contributed by atoms with Gasteiger partial charge in [0.2, 0.25) is 5.91 Å². The highest BCUT2D eigenvalue weighted by Gasteiger charge is 2.33. The molecule has 126 valence electrons. The number of aromatic nitrogens is 2. The van der Waals surface area contributed by atoms with Gasteiger partial charge in [0.25, 0.3) is 0 Å². The second-order valence-corrected chi connectivity index (χ2v) is 6.13. The third kappa shape index (κ3) is 3.33. The molecule has 1 fully saturated rings. The number of halogens is 2. The summed E-state index contributed by atoms with van der Waals surface area (Å²) in [5.74, 6) is 0.671. The summed E-state index contributed by atoms with van der Waals surface area (Å²) in [6.07, 6.45) is 1.42. The average Bonchev–Trinajstić information content (AvgIpc) is 2.90. The quantitative estimate of drug-likeness (QED) is 0.920. The zero-order chi connectivity index (χ0) is 17.3. The van der Waals surface area contributed by atoms with Gasteiger partial charge in [-0.15, -0.1) is 0 Å². The molecule has 0 aliphatic carbocycles. The highest BCUT2D eigenvalue weighted by atomic mass is 35.5. The van der Waals surface area contributed by atoms with Gasteiger partial charge in [-0.1, -0.05) is 18.5 Å². The van der Waals surface area contributed by atoms with Crippen molar-refractivity contribution >= 4 is 29.0 Å². The monoisotopic (exact) mass is 348 g/mol. The molecule has 1 aromatic heterocycles. The Morgan fingerprint density at radius 2 is 2.17 bits per heavy atom. The van der Waals surface area contributed by atoms with Crippen LogP contribution in [0.1, 0.15) is 24.9 Å². The molecule has 5 nitrogen and oxygen atoms in total. The first-order valence-electron chi connectivity index (χ1n) is 7.85. The molecule has 0 bridgehead atoms. The van der Waals surface area contributed by atoms with E-state index in [-0.39, 0.29) is 17.0 Å². The number of nitrogens with one attached hydrogen (secondary N) is 1. The third-order valence-electron chi connectivity index (χ3n) is 4.00. The predicted octanol–water partition coefficient (Wildman–Crippen LogP) is 3.36. The number of benzene rings is 1. The van der Waals surface area contributed by atoms with Crippen LogP contribution >= 0.6 is 11.6 Å². The minimum atomic E-state index is -0.530. The lowest BCUT2D eigenvalue weighted by Gasteiger charge is -2.18. The molecule has 2 aromatic rings. The number of carbonyl (C=O) groups is 1. The Kier molecular flexibility index (Phi) is 4.66. The second kappa shape index (κ2) is 6.73. The topological polar surface area (TPSA) is 58.1 Å². The van der Waals surface area contributed by atoms with Crippen LogP contribution in [-0.2, 0) is 11.2 Å². The Balaban J connectivity index is 1.76. The first kappa shape index (κ1) is 16.6. The Bertz CT molecular complexity index is 783. The zero-order valence-corrected chi connectivity index (χ0v) is 14.3. The minimum Gasteiger partial charge on any atom is -0.358 e. The Labute approximate surface area is 144 Å². The van der Waals surface area contributed by atoms with Crippen molar-refractivity contribution < 1.29 is 9.18 Å². The number of nitrogens with zero attached hydrogens (tertiary/aromatic N) is 3. The molecule has 1 aromatic carbocycles. The molecule has 0 radical (unpaired) electrons. The van der Waals surface area contributed by atoms with Gasteiger partial charge in [0.05, 0.1) is 5.02 Å². The first-order chi connectivity index (χ1) is 11.5. The SMILES string of the molecule is CCc1cc(NC2CCN(c3ccc(Cl)c(F)c3)C2=O)nc(C)n1. The Hall–Kier alpha value is -2.21. The van der Waals surface area contributed by atoms with Gasteiger partial charge in [0.1, 0.15) is 23.5 Å². The van der Waals surface area contributed by atoms with E-state index < -0.39 is 5.82 Å². The third-order valence-corrected chi connectivity index (χ3v) is 4.30. The number of rotatable bonds is 4. The fourth-order valence-electron chi connectivity index (χ4n) is 2.79. The molecule has 1 unspecified atom stereocenters. The Morgan fingerprint density at radius 1 is 1.38 bits per heavy atom. The van der Waals surface area contributed by atoms with Gasteiger partial charge in [-0.3, -0.25) is 4.79 Å². The minimum absolute atomic E-state index is 0.0450. The molecule has 1 atom stereocenters. The van der Waals surface area contributed by atoms with Crippen LogP contribution in [0, 0.1) is 12.7 Å². The molecule has 1 aliphatic rings. The molecule has 0 saturated carbocycles. The van der Waals surface area contributed by atoms with Crippen molar-refractivity contribution in [1.82, 2.24) is 9.97 Å². The van der Waals surface area contributed by atoms with E-state index in [0.29, 0.717) is 30.3 Å². The van der Waals surface area contributed by atoms with Crippen molar-refractivity contribution in [1.29, 1.82) is 0 Å². The predicted molar refractivity (Wildman–Crippen MR) is 91.9 cm³/mol. The van der Waals surface area contributed by atoms with Gasteiger partial charge in [0, 0.05) is 24.0 Å². The van der Waals surface area contributed by atoms with Crippen molar-refractivity contribution in [2.45, 2.75) is 32.7 Å². The summed E-state index contributed by atoms with van der Waals surface area (Å²) in [5, 5.41) is 3.21. The first-order valence-corrected chi connectivity index (χ1v) is 8.23. The normalized spacial score (nSPS) is 17.4. The summed E-state index contributed by atoms with van der Waals surface area (Å²) in [6.45, 7) is 4.36. The maximum absolute atomic E-state index is 13.6. The van der Waals surface area contributed by atoms with E-state index in [1.54, 1.807) is 11.0 Å². The zero-order valence-electron chi connectivity index (χ0n) is 13.5. The molecule has 0 spiro atoms. The summed E-state index contributed by atoms with van der Waals surface area (Å²) < 4.78 is 13.6. The fraction of sp³-hybridized carbons (Fsp3) is 0.353. The molecule has 1 aliphatic heterocycles. The van der Waals surface area contributed by atoms with Crippen LogP contribution in [-0.4, -0.2) is 28.5 Å². The van der Waals surface area contributed by atoms with Crippen molar-refractivity contribution in [3.8, 4) is 0 Å². The molecule has 3 rings (SSSR count). The van der Waals surface area contributed by atoms with Crippen molar-refractivity contribution in [3.05, 3.63) is 46.6 Å². The van der Waals surface area contributed by atoms with Crippen LogP contribution in [0.25, 0.3) is 0 Å². The van der Waals surface area contributed by atoms with Gasteiger partial charge in [0.15, 0.2) is 0 Å². The Morgan fingerprint density at radius 3 is 2.88 bits per heavy atom. The number of aryl methyl sites for hydroxylation is 2. The number of carbonyl (C=O) groups excluding carboxylic acids is 1. The van der Waals surface area contributed by atoms with Gasteiger partial charge in [-0.2, -0.15) is 0 Å². The van der Waals surface area contributed by atoms with E-state index in [1.807, 2.05) is 19.9 Å². The fourth-order valence-corrected chi connectivity index (χ4v) is 2.90. The standard InChI is InChI=1S/C17H18ClFN4O/c1-3-11-8-16(21-10(2)20-11)22-15-6-7-23(17(15)24)12-4-5-13(18)14(19)9-12/h4-5,8-9,15H,3,6-7H2,1-2H3,(H,20,21,22). The largest absolute Gasteiger partial charge is 0.358 e. The molecule has 1 saturated heterocycles. The second-order valence-electron chi connectivity index (χ2n) is 5.72. The smallest absolute Gasteiger partial charge is 0.249 e. The van der Waals surface area contributed by atoms with E-state index in [0.717, 1.165) is 12.1 Å². The van der Waals surface area contributed by atoms with E-state index >= 15 is 0 Å². The summed E-state index contributed by atoms with van der Waals surface area (Å²) >= 11 is 5.70. The van der Waals surface area contributed by atoms with Crippen LogP contribution in [0.2, 0.25) is 5.02 Å². The average molecular weight is 349 g/mol. The maximum Gasteiger partial charge on any atom is 0.249 e. The summed E-state index contributed by atoms with van der Waals surface area (Å²) in [6, 6.07) is 5.86. The number of anilines is 2. The molecule has 24 heavy (non-hydrogen) atoms. The van der Waals surface area contributed by atoms with E-state index in [1.165, 1.54) is 12.1 Å². The van der Waals surface area contributed by atoms with Crippen molar-refractivity contribution in [2.24, 2.45) is 0 Å². The van der Waals surface area contributed by atoms with E-state index in [9.17, 15) is 9.18 Å². The van der Waals surface area contributed by atoms with Crippen molar-refractivity contribution in [3.63, 3.8) is 0 Å². The number of amides is 1. The maximum atomic E-state index is 13.6. The van der Waals surface area contributed by atoms with Crippen molar-refractivity contribution in [2.75, 3.05) is 16.8 Å². The van der Waals surface area contributed by atoms with Crippen LogP contribution < -0.4 is 10.2 Å².